The lowest BCUT2D eigenvalue weighted by Crippen LogP contribution is -2.50. The van der Waals surface area contributed by atoms with E-state index in [4.69, 9.17) is 5.73 Å². The van der Waals surface area contributed by atoms with E-state index in [1.165, 1.54) is 0 Å². The third kappa shape index (κ3) is 11.4. The minimum absolute atomic E-state index is 0.0134. The third-order valence-electron chi connectivity index (χ3n) is 7.01. The van der Waals surface area contributed by atoms with Gasteiger partial charge in [-0.1, -0.05) is 88.3 Å². The van der Waals surface area contributed by atoms with E-state index in [0.717, 1.165) is 6.42 Å². The van der Waals surface area contributed by atoms with Crippen LogP contribution in [0.4, 0.5) is 0 Å². The van der Waals surface area contributed by atoms with Crippen LogP contribution in [0.15, 0.2) is 5.18 Å². The number of carbonyl (C=O) groups is 2. The van der Waals surface area contributed by atoms with Gasteiger partial charge in [0.1, 0.15) is 0 Å². The fourth-order valence-electron chi connectivity index (χ4n) is 6.42. The first-order valence-corrected chi connectivity index (χ1v) is 13.3. The first kappa shape index (κ1) is 33.5. The van der Waals surface area contributed by atoms with Crippen molar-refractivity contribution in [3.63, 3.8) is 0 Å². The monoisotopic (exact) mass is 495 g/mol. The summed E-state index contributed by atoms with van der Waals surface area (Å²) in [5.74, 6) is -0.507. The number of amides is 2. The molecule has 0 aromatic carbocycles. The summed E-state index contributed by atoms with van der Waals surface area (Å²) in [7, 11) is 0. The van der Waals surface area contributed by atoms with Gasteiger partial charge in [-0.15, -0.1) is 0 Å². The Hall–Kier alpha value is -1.46. The topological polar surface area (TPSA) is 102 Å². The lowest BCUT2D eigenvalue weighted by molar-refractivity contribution is -0.135. The van der Waals surface area contributed by atoms with Crippen molar-refractivity contribution in [2.75, 3.05) is 0 Å². The maximum atomic E-state index is 13.9. The molecule has 0 aromatic rings. The van der Waals surface area contributed by atoms with Crippen LogP contribution in [0, 0.1) is 44.3 Å². The maximum Gasteiger partial charge on any atom is 0.223 e. The number of primary amides is 1. The summed E-state index contributed by atoms with van der Waals surface area (Å²) in [6, 6.07) is -0.130. The molecule has 206 valence electrons. The van der Waals surface area contributed by atoms with Gasteiger partial charge in [0.25, 0.3) is 0 Å². The molecule has 2 amide bonds. The summed E-state index contributed by atoms with van der Waals surface area (Å²) < 4.78 is 0. The van der Waals surface area contributed by atoms with E-state index in [1.54, 1.807) is 0 Å². The van der Waals surface area contributed by atoms with Gasteiger partial charge in [0, 0.05) is 17.9 Å². The average molecular weight is 496 g/mol. The number of rotatable bonds is 13. The standard InChI is InChI=1S/C29H57N3O3/c1-19(2)15-20(16-29(13,14)32-35)31-24(34)21(17-25(3,4)5)27(9,10)18-28(11,12)22(23(30)33)26(6,7)8/h19-22H,15-18H2,1-14H3,(H2,30,33)(H,31,34). The molecule has 35 heavy (non-hydrogen) atoms. The van der Waals surface area contributed by atoms with Crippen molar-refractivity contribution in [3.8, 4) is 0 Å². The molecule has 0 saturated carbocycles. The van der Waals surface area contributed by atoms with Crippen LogP contribution >= 0.6 is 0 Å². The predicted molar refractivity (Wildman–Crippen MR) is 148 cm³/mol. The Kier molecular flexibility index (Phi) is 11.2. The minimum atomic E-state index is -0.745. The van der Waals surface area contributed by atoms with Gasteiger partial charge in [-0.25, -0.2) is 0 Å². The van der Waals surface area contributed by atoms with Crippen LogP contribution < -0.4 is 11.1 Å². The summed E-state index contributed by atoms with van der Waals surface area (Å²) in [5, 5.41) is 6.60. The van der Waals surface area contributed by atoms with Crippen LogP contribution in [0.1, 0.15) is 123 Å². The van der Waals surface area contributed by atoms with Crippen LogP contribution in [0.3, 0.4) is 0 Å². The van der Waals surface area contributed by atoms with Gasteiger partial charge >= 0.3 is 0 Å². The van der Waals surface area contributed by atoms with E-state index in [2.05, 4.69) is 93.6 Å². The van der Waals surface area contributed by atoms with Gasteiger partial charge in [0.15, 0.2) is 0 Å². The zero-order valence-corrected chi connectivity index (χ0v) is 25.4. The van der Waals surface area contributed by atoms with Crippen molar-refractivity contribution in [2.45, 2.75) is 134 Å². The fraction of sp³-hybridized carbons (Fsp3) is 0.931. The number of carbonyl (C=O) groups excluding carboxylic acids is 2. The molecule has 6 nitrogen and oxygen atoms in total. The van der Waals surface area contributed by atoms with Gasteiger partial charge in [-0.2, -0.15) is 4.91 Å². The van der Waals surface area contributed by atoms with Gasteiger partial charge in [-0.3, -0.25) is 9.59 Å². The quantitative estimate of drug-likeness (QED) is 0.266. The molecular weight excluding hydrogens is 438 g/mol. The molecule has 3 N–H and O–H groups in total. The lowest BCUT2D eigenvalue weighted by atomic mass is 9.57. The molecule has 3 atom stereocenters. The number of nitrogens with two attached hydrogens (primary N) is 1. The molecule has 0 saturated heterocycles. The molecule has 0 spiro atoms. The molecular formula is C29H57N3O3. The second kappa shape index (κ2) is 11.7. The van der Waals surface area contributed by atoms with Crippen molar-refractivity contribution in [2.24, 2.45) is 50.3 Å². The number of nitrogens with one attached hydrogen (secondary N) is 1. The number of nitroso groups, excluding NO2 is 1. The van der Waals surface area contributed by atoms with E-state index in [-0.39, 0.29) is 45.9 Å². The predicted octanol–water partition coefficient (Wildman–Crippen LogP) is 7.09. The first-order chi connectivity index (χ1) is 15.3. The van der Waals surface area contributed by atoms with E-state index in [9.17, 15) is 14.5 Å². The van der Waals surface area contributed by atoms with Crippen LogP contribution in [0.5, 0.6) is 0 Å². The largest absolute Gasteiger partial charge is 0.369 e. The zero-order valence-electron chi connectivity index (χ0n) is 25.4. The summed E-state index contributed by atoms with van der Waals surface area (Å²) in [6.07, 6.45) is 2.67. The lowest BCUT2D eigenvalue weighted by Gasteiger charge is -2.47. The highest BCUT2D eigenvalue weighted by Gasteiger charge is 2.48. The highest BCUT2D eigenvalue weighted by molar-refractivity contribution is 5.80. The molecule has 0 aliphatic carbocycles. The number of hydrogen-bond acceptors (Lipinski definition) is 4. The summed E-state index contributed by atoms with van der Waals surface area (Å²) in [6.45, 7) is 29.0. The Bertz CT molecular complexity index is 724. The van der Waals surface area contributed by atoms with Crippen molar-refractivity contribution in [1.29, 1.82) is 0 Å². The molecule has 0 aliphatic heterocycles. The van der Waals surface area contributed by atoms with Gasteiger partial charge < -0.3 is 11.1 Å². The third-order valence-corrected chi connectivity index (χ3v) is 7.01. The van der Waals surface area contributed by atoms with Crippen LogP contribution in [0.2, 0.25) is 0 Å². The van der Waals surface area contributed by atoms with Crippen LogP contribution in [-0.4, -0.2) is 23.4 Å². The van der Waals surface area contributed by atoms with Gasteiger partial charge in [0.05, 0.1) is 5.54 Å². The van der Waals surface area contributed by atoms with Crippen LogP contribution in [0.25, 0.3) is 0 Å². The maximum absolute atomic E-state index is 13.9. The Balaban J connectivity index is 6.22. The molecule has 0 fully saturated rings. The molecule has 6 heteroatoms. The Morgan fingerprint density at radius 3 is 1.66 bits per heavy atom. The van der Waals surface area contributed by atoms with E-state index < -0.39 is 11.0 Å². The molecule has 0 bridgehead atoms. The smallest absolute Gasteiger partial charge is 0.223 e. The van der Waals surface area contributed by atoms with E-state index in [0.29, 0.717) is 25.2 Å². The highest BCUT2D eigenvalue weighted by Crippen LogP contribution is 2.50. The Morgan fingerprint density at radius 1 is 0.829 bits per heavy atom. The zero-order chi connectivity index (χ0) is 28.2. The molecule has 3 unspecified atom stereocenters. The van der Waals surface area contributed by atoms with Crippen molar-refractivity contribution in [1.82, 2.24) is 5.32 Å². The van der Waals surface area contributed by atoms with Crippen molar-refractivity contribution < 1.29 is 9.59 Å². The Morgan fingerprint density at radius 2 is 1.31 bits per heavy atom. The van der Waals surface area contributed by atoms with Crippen molar-refractivity contribution in [3.05, 3.63) is 4.91 Å². The van der Waals surface area contributed by atoms with E-state index in [1.807, 2.05) is 13.8 Å². The first-order valence-electron chi connectivity index (χ1n) is 13.3. The SMILES string of the molecule is CC(C)CC(CC(C)(C)N=O)NC(=O)C(CC(C)(C)C)C(C)(C)CC(C)(C)C(C(N)=O)C(C)(C)C. The fourth-order valence-corrected chi connectivity index (χ4v) is 6.42. The van der Waals surface area contributed by atoms with E-state index >= 15 is 0 Å². The summed E-state index contributed by atoms with van der Waals surface area (Å²) >= 11 is 0. The normalized spacial score (nSPS) is 16.5. The summed E-state index contributed by atoms with van der Waals surface area (Å²) in [5.41, 5.74) is 4.02. The second-order valence-electron chi connectivity index (χ2n) is 15.6. The van der Waals surface area contributed by atoms with Gasteiger partial charge in [0.2, 0.25) is 11.8 Å². The van der Waals surface area contributed by atoms with Gasteiger partial charge in [-0.05, 0) is 67.1 Å². The van der Waals surface area contributed by atoms with Crippen molar-refractivity contribution >= 4 is 11.8 Å². The highest BCUT2D eigenvalue weighted by atomic mass is 16.3. The second-order valence-corrected chi connectivity index (χ2v) is 15.6. The van der Waals surface area contributed by atoms with Crippen LogP contribution in [-0.2, 0) is 9.59 Å². The molecule has 0 radical (unpaired) electrons. The molecule has 0 heterocycles. The molecule has 0 rings (SSSR count). The average Bonchev–Trinajstić information content (AvgIpc) is 2.54. The number of hydrogen-bond donors (Lipinski definition) is 2. The minimum Gasteiger partial charge on any atom is -0.369 e. The Labute approximate surface area is 216 Å². The summed E-state index contributed by atoms with van der Waals surface area (Å²) in [4.78, 5) is 37.8. The molecule has 0 aromatic heterocycles. The molecule has 0 aliphatic rings. The number of nitrogens with zero attached hydrogens (tertiary/aromatic N) is 1.